The summed E-state index contributed by atoms with van der Waals surface area (Å²) >= 11 is 0. The zero-order chi connectivity index (χ0) is 9.97. The van der Waals surface area contributed by atoms with Crippen LogP contribution in [0.2, 0.25) is 0 Å². The highest BCUT2D eigenvalue weighted by atomic mass is 16.5. The van der Waals surface area contributed by atoms with Crippen molar-refractivity contribution in [2.45, 2.75) is 0 Å². The van der Waals surface area contributed by atoms with E-state index in [9.17, 15) is 0 Å². The molecule has 0 radical (unpaired) electrons. The number of hydrogen-bond donors (Lipinski definition) is 0. The lowest BCUT2D eigenvalue weighted by Crippen LogP contribution is -1.89. The molecular weight excluding hydrogens is 178 g/mol. The highest BCUT2D eigenvalue weighted by molar-refractivity contribution is 5.63. The van der Waals surface area contributed by atoms with Gasteiger partial charge in [0.2, 0.25) is 5.88 Å². The molecule has 2 aromatic rings. The van der Waals surface area contributed by atoms with Gasteiger partial charge in [-0.15, -0.1) is 5.10 Å². The topological polar surface area (TPSA) is 39.9 Å². The molecule has 4 heteroatoms. The van der Waals surface area contributed by atoms with Crippen molar-refractivity contribution in [1.29, 1.82) is 0 Å². The van der Waals surface area contributed by atoms with Gasteiger partial charge in [-0.2, -0.15) is 0 Å². The lowest BCUT2D eigenvalue weighted by atomic mass is 10.2. The van der Waals surface area contributed by atoms with Crippen molar-refractivity contribution < 1.29 is 4.74 Å². The van der Waals surface area contributed by atoms with Gasteiger partial charge in [0.15, 0.2) is 0 Å². The maximum atomic E-state index is 5.15. The van der Waals surface area contributed by atoms with Gasteiger partial charge in [0.25, 0.3) is 0 Å². The Hall–Kier alpha value is -1.84. The molecule has 0 aliphatic heterocycles. The summed E-state index contributed by atoms with van der Waals surface area (Å²) in [6.07, 6.45) is 3.64. The van der Waals surface area contributed by atoms with E-state index in [0.29, 0.717) is 5.88 Å². The molecule has 0 saturated carbocycles. The molecule has 0 fully saturated rings. The van der Waals surface area contributed by atoms with Crippen LogP contribution in [0.25, 0.3) is 11.3 Å². The minimum absolute atomic E-state index is 0.603. The number of aromatic nitrogens is 3. The fourth-order valence-electron chi connectivity index (χ4n) is 1.32. The minimum atomic E-state index is 0.603. The molecule has 0 saturated heterocycles. The summed E-state index contributed by atoms with van der Waals surface area (Å²) < 4.78 is 6.86. The summed E-state index contributed by atoms with van der Waals surface area (Å²) in [5.74, 6) is 0.603. The molecule has 0 bridgehead atoms. The number of rotatable bonds is 2. The molecule has 0 unspecified atom stereocenters. The molecule has 0 aromatic carbocycles. The molecule has 2 rings (SSSR count). The van der Waals surface area contributed by atoms with Crippen LogP contribution in [-0.2, 0) is 7.05 Å². The number of ether oxygens (including phenoxy) is 1. The molecule has 4 nitrogen and oxygen atoms in total. The van der Waals surface area contributed by atoms with Crippen LogP contribution in [-0.4, -0.2) is 21.9 Å². The summed E-state index contributed by atoms with van der Waals surface area (Å²) in [4.78, 5) is 4.24. The second-order valence-corrected chi connectivity index (χ2v) is 2.94. The van der Waals surface area contributed by atoms with Crippen LogP contribution in [0.1, 0.15) is 0 Å². The average molecular weight is 189 g/mol. The van der Waals surface area contributed by atoms with Gasteiger partial charge >= 0.3 is 0 Å². The van der Waals surface area contributed by atoms with E-state index in [0.717, 1.165) is 11.3 Å². The standard InChI is InChI=1S/C10H11N3O/c1-13-7-8(10(12-13)14-2)9-5-3-4-6-11-9/h3-7H,1-2H3. The van der Waals surface area contributed by atoms with E-state index in [1.165, 1.54) is 0 Å². The predicted octanol–water partition coefficient (Wildman–Crippen LogP) is 1.49. The Morgan fingerprint density at radius 2 is 2.21 bits per heavy atom. The van der Waals surface area contributed by atoms with Gasteiger partial charge < -0.3 is 4.74 Å². The summed E-state index contributed by atoms with van der Waals surface area (Å²) in [5, 5.41) is 4.16. The first-order valence-corrected chi connectivity index (χ1v) is 4.30. The molecule has 0 atom stereocenters. The molecule has 0 N–H and O–H groups in total. The molecule has 0 amide bonds. The Morgan fingerprint density at radius 1 is 1.36 bits per heavy atom. The lowest BCUT2D eigenvalue weighted by Gasteiger charge is -1.98. The third-order valence-corrected chi connectivity index (χ3v) is 1.93. The number of methoxy groups -OCH3 is 1. The first kappa shape index (κ1) is 8.74. The monoisotopic (exact) mass is 189 g/mol. The smallest absolute Gasteiger partial charge is 0.242 e. The van der Waals surface area contributed by atoms with E-state index in [2.05, 4.69) is 10.1 Å². The van der Waals surface area contributed by atoms with Gasteiger partial charge in [-0.1, -0.05) is 6.07 Å². The SMILES string of the molecule is COc1nn(C)cc1-c1ccccn1. The van der Waals surface area contributed by atoms with E-state index in [4.69, 9.17) is 4.74 Å². The Balaban J connectivity index is 2.51. The summed E-state index contributed by atoms with van der Waals surface area (Å²) in [5.41, 5.74) is 1.79. The zero-order valence-electron chi connectivity index (χ0n) is 8.14. The maximum Gasteiger partial charge on any atom is 0.242 e. The highest BCUT2D eigenvalue weighted by Crippen LogP contribution is 2.25. The Morgan fingerprint density at radius 3 is 2.86 bits per heavy atom. The van der Waals surface area contributed by atoms with Gasteiger partial charge in [-0.25, -0.2) is 0 Å². The lowest BCUT2D eigenvalue weighted by molar-refractivity contribution is 0.393. The maximum absolute atomic E-state index is 5.15. The number of pyridine rings is 1. The predicted molar refractivity (Wildman–Crippen MR) is 53.0 cm³/mol. The van der Waals surface area contributed by atoms with Crippen LogP contribution in [0.3, 0.4) is 0 Å². The molecule has 14 heavy (non-hydrogen) atoms. The Labute approximate surface area is 82.2 Å². The first-order chi connectivity index (χ1) is 6.81. The van der Waals surface area contributed by atoms with E-state index in [1.54, 1.807) is 18.0 Å². The second-order valence-electron chi connectivity index (χ2n) is 2.94. The van der Waals surface area contributed by atoms with Crippen molar-refractivity contribution >= 4 is 0 Å². The third kappa shape index (κ3) is 1.46. The van der Waals surface area contributed by atoms with Gasteiger partial charge in [0.05, 0.1) is 18.4 Å². The van der Waals surface area contributed by atoms with Crippen molar-refractivity contribution in [1.82, 2.24) is 14.8 Å². The average Bonchev–Trinajstić information content (AvgIpc) is 2.61. The van der Waals surface area contributed by atoms with Crippen molar-refractivity contribution in [3.05, 3.63) is 30.6 Å². The van der Waals surface area contributed by atoms with Crippen molar-refractivity contribution in [2.24, 2.45) is 7.05 Å². The molecular formula is C10H11N3O. The summed E-state index contributed by atoms with van der Waals surface area (Å²) in [6, 6.07) is 5.75. The second kappa shape index (κ2) is 3.49. The Kier molecular flexibility index (Phi) is 2.18. The zero-order valence-corrected chi connectivity index (χ0v) is 8.14. The first-order valence-electron chi connectivity index (χ1n) is 4.30. The van der Waals surface area contributed by atoms with Crippen LogP contribution in [0.4, 0.5) is 0 Å². The van der Waals surface area contributed by atoms with E-state index in [-0.39, 0.29) is 0 Å². The number of nitrogens with zero attached hydrogens (tertiary/aromatic N) is 3. The quantitative estimate of drug-likeness (QED) is 0.718. The van der Waals surface area contributed by atoms with Crippen LogP contribution in [0.5, 0.6) is 5.88 Å². The molecule has 0 aliphatic carbocycles. The van der Waals surface area contributed by atoms with Crippen molar-refractivity contribution in [3.8, 4) is 17.1 Å². The molecule has 0 aliphatic rings. The molecule has 0 spiro atoms. The highest BCUT2D eigenvalue weighted by Gasteiger charge is 2.10. The third-order valence-electron chi connectivity index (χ3n) is 1.93. The molecule has 2 aromatic heterocycles. The summed E-state index contributed by atoms with van der Waals surface area (Å²) in [7, 11) is 3.46. The van der Waals surface area contributed by atoms with E-state index < -0.39 is 0 Å². The number of aryl methyl sites for hydroxylation is 1. The van der Waals surface area contributed by atoms with Crippen LogP contribution in [0, 0.1) is 0 Å². The van der Waals surface area contributed by atoms with Gasteiger partial charge in [-0.05, 0) is 12.1 Å². The minimum Gasteiger partial charge on any atom is -0.479 e. The van der Waals surface area contributed by atoms with Crippen LogP contribution in [0.15, 0.2) is 30.6 Å². The van der Waals surface area contributed by atoms with Crippen LogP contribution >= 0.6 is 0 Å². The van der Waals surface area contributed by atoms with Gasteiger partial charge in [-0.3, -0.25) is 9.67 Å². The largest absolute Gasteiger partial charge is 0.479 e. The molecule has 72 valence electrons. The van der Waals surface area contributed by atoms with E-state index in [1.807, 2.05) is 31.4 Å². The number of hydrogen-bond acceptors (Lipinski definition) is 3. The van der Waals surface area contributed by atoms with Gasteiger partial charge in [0, 0.05) is 19.4 Å². The fraction of sp³-hybridized carbons (Fsp3) is 0.200. The normalized spacial score (nSPS) is 10.1. The fourth-order valence-corrected chi connectivity index (χ4v) is 1.32. The molecule has 2 heterocycles. The van der Waals surface area contributed by atoms with Crippen LogP contribution < -0.4 is 4.74 Å². The van der Waals surface area contributed by atoms with Gasteiger partial charge in [0.1, 0.15) is 0 Å². The van der Waals surface area contributed by atoms with Crippen molar-refractivity contribution in [2.75, 3.05) is 7.11 Å². The summed E-state index contributed by atoms with van der Waals surface area (Å²) in [6.45, 7) is 0. The van der Waals surface area contributed by atoms with E-state index >= 15 is 0 Å². The van der Waals surface area contributed by atoms with Crippen molar-refractivity contribution in [3.63, 3.8) is 0 Å². The Bertz CT molecular complexity index is 422.